The summed E-state index contributed by atoms with van der Waals surface area (Å²) in [4.78, 5) is 27.2. The molecule has 5 heteroatoms. The summed E-state index contributed by atoms with van der Waals surface area (Å²) < 4.78 is 13.0. The first-order chi connectivity index (χ1) is 11.9. The van der Waals surface area contributed by atoms with Crippen molar-refractivity contribution in [2.24, 2.45) is 11.3 Å². The second-order valence-corrected chi connectivity index (χ2v) is 7.25. The number of halogens is 1. The van der Waals surface area contributed by atoms with Gasteiger partial charge >= 0.3 is 0 Å². The van der Waals surface area contributed by atoms with Gasteiger partial charge in [-0.05, 0) is 50.3 Å². The maximum atomic E-state index is 13.0. The van der Waals surface area contributed by atoms with Crippen LogP contribution in [0.15, 0.2) is 24.3 Å². The molecule has 2 rings (SSSR count). The van der Waals surface area contributed by atoms with Gasteiger partial charge < -0.3 is 10.2 Å². The Bertz CT molecular complexity index is 598. The van der Waals surface area contributed by atoms with E-state index in [1.54, 1.807) is 12.1 Å². The quantitative estimate of drug-likeness (QED) is 0.855. The highest BCUT2D eigenvalue weighted by atomic mass is 19.1. The van der Waals surface area contributed by atoms with Crippen molar-refractivity contribution >= 4 is 11.8 Å². The first-order valence-electron chi connectivity index (χ1n) is 9.21. The first-order valence-corrected chi connectivity index (χ1v) is 9.21. The van der Waals surface area contributed by atoms with Gasteiger partial charge in [-0.2, -0.15) is 0 Å². The van der Waals surface area contributed by atoms with Gasteiger partial charge in [0.25, 0.3) is 0 Å². The van der Waals surface area contributed by atoms with Crippen LogP contribution in [-0.2, 0) is 16.1 Å². The molecule has 25 heavy (non-hydrogen) atoms. The normalized spacial score (nSPS) is 20.6. The second kappa shape index (κ2) is 8.45. The molecule has 1 aliphatic rings. The standard InChI is InChI=1S/C20H29FN2O2/c1-4-16(5-2)18(24)23-12-6-11-20(3,14-23)19(25)22-13-15-7-9-17(21)10-8-15/h7-10,16H,4-6,11-14H2,1-3H3,(H,22,25)/t20-/m0/s1. The van der Waals surface area contributed by atoms with Crippen LogP contribution < -0.4 is 5.32 Å². The van der Waals surface area contributed by atoms with Crippen LogP contribution in [0.3, 0.4) is 0 Å². The smallest absolute Gasteiger partial charge is 0.227 e. The summed E-state index contributed by atoms with van der Waals surface area (Å²) in [6.45, 7) is 7.57. The number of carbonyl (C=O) groups is 2. The molecule has 4 nitrogen and oxygen atoms in total. The Morgan fingerprint density at radius 3 is 2.48 bits per heavy atom. The lowest BCUT2D eigenvalue weighted by Gasteiger charge is -2.40. The van der Waals surface area contributed by atoms with Gasteiger partial charge in [-0.1, -0.05) is 26.0 Å². The number of nitrogens with zero attached hydrogens (tertiary/aromatic N) is 1. The molecule has 1 aromatic carbocycles. The van der Waals surface area contributed by atoms with E-state index in [1.807, 2.05) is 25.7 Å². The predicted molar refractivity (Wildman–Crippen MR) is 96.2 cm³/mol. The zero-order valence-corrected chi connectivity index (χ0v) is 15.5. The number of nitrogens with one attached hydrogen (secondary N) is 1. The van der Waals surface area contributed by atoms with Crippen LogP contribution in [0.5, 0.6) is 0 Å². The molecular formula is C20H29FN2O2. The van der Waals surface area contributed by atoms with E-state index in [4.69, 9.17) is 0 Å². The molecule has 1 heterocycles. The van der Waals surface area contributed by atoms with E-state index in [0.29, 0.717) is 13.1 Å². The van der Waals surface area contributed by atoms with Gasteiger partial charge in [0.1, 0.15) is 5.82 Å². The lowest BCUT2D eigenvalue weighted by atomic mass is 9.80. The lowest BCUT2D eigenvalue weighted by Crippen LogP contribution is -2.52. The van der Waals surface area contributed by atoms with Crippen LogP contribution in [0.25, 0.3) is 0 Å². The molecule has 1 aliphatic heterocycles. The Hall–Kier alpha value is -1.91. The zero-order valence-electron chi connectivity index (χ0n) is 15.5. The van der Waals surface area contributed by atoms with Crippen molar-refractivity contribution in [1.29, 1.82) is 0 Å². The third-order valence-corrected chi connectivity index (χ3v) is 5.26. The van der Waals surface area contributed by atoms with Crippen molar-refractivity contribution < 1.29 is 14.0 Å². The summed E-state index contributed by atoms with van der Waals surface area (Å²) in [7, 11) is 0. The highest BCUT2D eigenvalue weighted by Gasteiger charge is 2.40. The van der Waals surface area contributed by atoms with Crippen LogP contribution in [0.1, 0.15) is 52.0 Å². The number of carbonyl (C=O) groups excluding carboxylic acids is 2. The van der Waals surface area contributed by atoms with Gasteiger partial charge in [0.05, 0.1) is 5.41 Å². The number of piperidine rings is 1. The molecule has 2 amide bonds. The predicted octanol–water partition coefficient (Wildman–Crippen LogP) is 3.51. The fraction of sp³-hybridized carbons (Fsp3) is 0.600. The third-order valence-electron chi connectivity index (χ3n) is 5.26. The number of hydrogen-bond donors (Lipinski definition) is 1. The highest BCUT2D eigenvalue weighted by Crippen LogP contribution is 2.31. The van der Waals surface area contributed by atoms with Crippen LogP contribution in [0.2, 0.25) is 0 Å². The van der Waals surface area contributed by atoms with Crippen LogP contribution >= 0.6 is 0 Å². The fourth-order valence-corrected chi connectivity index (χ4v) is 3.51. The zero-order chi connectivity index (χ0) is 18.4. The van der Waals surface area contributed by atoms with Gasteiger partial charge in [-0.3, -0.25) is 9.59 Å². The van der Waals surface area contributed by atoms with Gasteiger partial charge in [-0.15, -0.1) is 0 Å². The lowest BCUT2D eigenvalue weighted by molar-refractivity contribution is -0.143. The van der Waals surface area contributed by atoms with E-state index in [-0.39, 0.29) is 23.5 Å². The number of rotatable bonds is 6. The average Bonchev–Trinajstić information content (AvgIpc) is 2.62. The van der Waals surface area contributed by atoms with Crippen molar-refractivity contribution in [2.75, 3.05) is 13.1 Å². The second-order valence-electron chi connectivity index (χ2n) is 7.25. The molecule has 1 saturated heterocycles. The van der Waals surface area contributed by atoms with Gasteiger partial charge in [0.2, 0.25) is 11.8 Å². The van der Waals surface area contributed by atoms with Crippen LogP contribution in [0.4, 0.5) is 4.39 Å². The molecule has 0 aromatic heterocycles. The van der Waals surface area contributed by atoms with E-state index < -0.39 is 5.41 Å². The molecule has 0 saturated carbocycles. The number of benzene rings is 1. The van der Waals surface area contributed by atoms with Crippen molar-refractivity contribution in [3.05, 3.63) is 35.6 Å². The third kappa shape index (κ3) is 4.80. The minimum atomic E-state index is -0.569. The summed E-state index contributed by atoms with van der Waals surface area (Å²) in [6, 6.07) is 6.11. The minimum absolute atomic E-state index is 0.0427. The molecule has 0 spiro atoms. The fourth-order valence-electron chi connectivity index (χ4n) is 3.51. The van der Waals surface area contributed by atoms with E-state index in [0.717, 1.165) is 37.8 Å². The molecular weight excluding hydrogens is 319 g/mol. The Morgan fingerprint density at radius 1 is 1.24 bits per heavy atom. The molecule has 1 atom stereocenters. The van der Waals surface area contributed by atoms with Crippen molar-refractivity contribution in [1.82, 2.24) is 10.2 Å². The summed E-state index contributed by atoms with van der Waals surface area (Å²) in [6.07, 6.45) is 3.28. The summed E-state index contributed by atoms with van der Waals surface area (Å²) in [5.74, 6) is -0.115. The SMILES string of the molecule is CCC(CC)C(=O)N1CCC[C@](C)(C(=O)NCc2ccc(F)cc2)C1. The van der Waals surface area contributed by atoms with Crippen LogP contribution in [0, 0.1) is 17.2 Å². The first kappa shape index (κ1) is 19.4. The maximum absolute atomic E-state index is 13.0. The van der Waals surface area contributed by atoms with Crippen molar-refractivity contribution in [3.8, 4) is 0 Å². The molecule has 1 N–H and O–H groups in total. The Kier molecular flexibility index (Phi) is 6.57. The van der Waals surface area contributed by atoms with Crippen molar-refractivity contribution in [3.63, 3.8) is 0 Å². The molecule has 1 fully saturated rings. The largest absolute Gasteiger partial charge is 0.351 e. The molecule has 138 valence electrons. The van der Waals surface area contributed by atoms with E-state index in [1.165, 1.54) is 12.1 Å². The van der Waals surface area contributed by atoms with Crippen LogP contribution in [-0.4, -0.2) is 29.8 Å². The van der Waals surface area contributed by atoms with Gasteiger partial charge in [0, 0.05) is 25.6 Å². The number of amides is 2. The Morgan fingerprint density at radius 2 is 1.88 bits per heavy atom. The molecule has 0 aliphatic carbocycles. The maximum Gasteiger partial charge on any atom is 0.227 e. The van der Waals surface area contributed by atoms with Gasteiger partial charge in [-0.25, -0.2) is 4.39 Å². The Labute approximate surface area is 149 Å². The Balaban J connectivity index is 1.97. The monoisotopic (exact) mass is 348 g/mol. The average molecular weight is 348 g/mol. The van der Waals surface area contributed by atoms with Crippen molar-refractivity contribution in [2.45, 2.75) is 53.0 Å². The summed E-state index contributed by atoms with van der Waals surface area (Å²) in [5, 5.41) is 2.95. The molecule has 0 unspecified atom stereocenters. The molecule has 0 bridgehead atoms. The number of likely N-dealkylation sites (tertiary alicyclic amines) is 1. The van der Waals surface area contributed by atoms with E-state index in [2.05, 4.69) is 5.32 Å². The van der Waals surface area contributed by atoms with E-state index in [9.17, 15) is 14.0 Å². The van der Waals surface area contributed by atoms with E-state index >= 15 is 0 Å². The number of hydrogen-bond acceptors (Lipinski definition) is 2. The molecule has 0 radical (unpaired) electrons. The molecule has 1 aromatic rings. The minimum Gasteiger partial charge on any atom is -0.351 e. The summed E-state index contributed by atoms with van der Waals surface area (Å²) in [5.41, 5.74) is 0.291. The van der Waals surface area contributed by atoms with Gasteiger partial charge in [0.15, 0.2) is 0 Å². The summed E-state index contributed by atoms with van der Waals surface area (Å²) >= 11 is 0. The topological polar surface area (TPSA) is 49.4 Å². The highest BCUT2D eigenvalue weighted by molar-refractivity contribution is 5.84.